The standard InChI is InChI=1S/C33H30O2/c1-2-33(34)35-32-25-22-29(21-18-26-12-6-3-7-13-26)30(23-19-27-14-8-4-9-15-27)31(32)24-20-28-16-10-5-11-17-28/h3-25,33-34H,2H2,1H3. The van der Waals surface area contributed by atoms with Crippen molar-refractivity contribution >= 4 is 36.5 Å². The molecule has 35 heavy (non-hydrogen) atoms. The molecule has 0 saturated carbocycles. The molecule has 1 N–H and O–H groups in total. The third-order valence-corrected chi connectivity index (χ3v) is 5.63. The Bertz CT molecular complexity index is 1290. The molecule has 0 aromatic heterocycles. The van der Waals surface area contributed by atoms with Gasteiger partial charge in [-0.25, -0.2) is 0 Å². The van der Waals surface area contributed by atoms with Gasteiger partial charge in [-0.1, -0.05) is 140 Å². The van der Waals surface area contributed by atoms with E-state index in [9.17, 15) is 5.11 Å². The first-order valence-electron chi connectivity index (χ1n) is 11.9. The summed E-state index contributed by atoms with van der Waals surface area (Å²) < 4.78 is 5.94. The predicted molar refractivity (Wildman–Crippen MR) is 149 cm³/mol. The van der Waals surface area contributed by atoms with Crippen LogP contribution in [0.2, 0.25) is 0 Å². The highest BCUT2D eigenvalue weighted by atomic mass is 16.6. The number of hydrogen-bond donors (Lipinski definition) is 1. The number of benzene rings is 4. The molecule has 0 bridgehead atoms. The molecule has 2 heteroatoms. The van der Waals surface area contributed by atoms with Crippen molar-refractivity contribution in [1.82, 2.24) is 0 Å². The van der Waals surface area contributed by atoms with Crippen LogP contribution in [0.1, 0.15) is 46.7 Å². The van der Waals surface area contributed by atoms with Crippen molar-refractivity contribution in [3.63, 3.8) is 0 Å². The van der Waals surface area contributed by atoms with E-state index in [4.69, 9.17) is 4.74 Å². The van der Waals surface area contributed by atoms with Gasteiger partial charge in [0.05, 0.1) is 0 Å². The van der Waals surface area contributed by atoms with E-state index in [1.807, 2.05) is 73.7 Å². The lowest BCUT2D eigenvalue weighted by molar-refractivity contribution is -0.0192. The minimum Gasteiger partial charge on any atom is -0.465 e. The van der Waals surface area contributed by atoms with E-state index in [-0.39, 0.29) is 0 Å². The Morgan fingerprint density at radius 3 is 1.51 bits per heavy atom. The first kappa shape index (κ1) is 24.0. The van der Waals surface area contributed by atoms with Crippen molar-refractivity contribution in [3.05, 3.63) is 137 Å². The molecule has 4 aromatic rings. The summed E-state index contributed by atoms with van der Waals surface area (Å²) in [5.41, 5.74) is 6.35. The molecule has 174 valence electrons. The molecule has 0 fully saturated rings. The Morgan fingerprint density at radius 1 is 0.571 bits per heavy atom. The predicted octanol–water partition coefficient (Wildman–Crippen LogP) is 8.31. The van der Waals surface area contributed by atoms with Crippen LogP contribution in [0.3, 0.4) is 0 Å². The van der Waals surface area contributed by atoms with Gasteiger partial charge in [-0.3, -0.25) is 0 Å². The number of aliphatic hydroxyl groups is 1. The van der Waals surface area contributed by atoms with Crippen molar-refractivity contribution in [2.45, 2.75) is 19.6 Å². The fourth-order valence-electron chi connectivity index (χ4n) is 3.71. The zero-order valence-electron chi connectivity index (χ0n) is 19.9. The van der Waals surface area contributed by atoms with Crippen molar-refractivity contribution < 1.29 is 9.84 Å². The van der Waals surface area contributed by atoms with Gasteiger partial charge in [0.1, 0.15) is 5.75 Å². The first-order chi connectivity index (χ1) is 17.2. The van der Waals surface area contributed by atoms with E-state index < -0.39 is 6.29 Å². The molecule has 0 saturated heterocycles. The Kier molecular flexibility index (Phi) is 8.47. The van der Waals surface area contributed by atoms with Crippen molar-refractivity contribution in [2.24, 2.45) is 0 Å². The topological polar surface area (TPSA) is 29.5 Å². The van der Waals surface area contributed by atoms with Gasteiger partial charge >= 0.3 is 0 Å². The van der Waals surface area contributed by atoms with Gasteiger partial charge in [0.25, 0.3) is 0 Å². The van der Waals surface area contributed by atoms with Gasteiger partial charge in [0, 0.05) is 12.0 Å². The second-order valence-electron chi connectivity index (χ2n) is 8.19. The summed E-state index contributed by atoms with van der Waals surface area (Å²) in [6.07, 6.45) is 12.2. The van der Waals surface area contributed by atoms with E-state index in [2.05, 4.69) is 72.9 Å². The lowest BCUT2D eigenvalue weighted by Crippen LogP contribution is -2.14. The van der Waals surface area contributed by atoms with E-state index in [0.717, 1.165) is 33.4 Å². The highest BCUT2D eigenvalue weighted by molar-refractivity contribution is 5.87. The Morgan fingerprint density at radius 2 is 1.03 bits per heavy atom. The molecule has 0 radical (unpaired) electrons. The number of hydrogen-bond acceptors (Lipinski definition) is 2. The molecule has 0 aliphatic carbocycles. The van der Waals surface area contributed by atoms with Crippen LogP contribution in [0.25, 0.3) is 36.5 Å². The lowest BCUT2D eigenvalue weighted by Gasteiger charge is -2.17. The second kappa shape index (κ2) is 12.4. The largest absolute Gasteiger partial charge is 0.465 e. The van der Waals surface area contributed by atoms with Gasteiger partial charge in [-0.2, -0.15) is 0 Å². The minimum atomic E-state index is -0.865. The summed E-state index contributed by atoms with van der Waals surface area (Å²) in [7, 11) is 0. The number of rotatable bonds is 9. The average Bonchev–Trinajstić information content (AvgIpc) is 2.92. The number of ether oxygens (including phenoxy) is 1. The maximum absolute atomic E-state index is 10.3. The Hall–Kier alpha value is -4.14. The molecule has 2 nitrogen and oxygen atoms in total. The maximum Gasteiger partial charge on any atom is 0.197 e. The summed E-state index contributed by atoms with van der Waals surface area (Å²) in [6.45, 7) is 1.90. The third-order valence-electron chi connectivity index (χ3n) is 5.63. The zero-order chi connectivity index (χ0) is 24.3. The van der Waals surface area contributed by atoms with E-state index in [1.165, 1.54) is 0 Å². The van der Waals surface area contributed by atoms with Crippen molar-refractivity contribution in [2.75, 3.05) is 0 Å². The summed E-state index contributed by atoms with van der Waals surface area (Å²) in [5.74, 6) is 0.649. The van der Waals surface area contributed by atoms with Crippen molar-refractivity contribution in [1.29, 1.82) is 0 Å². The molecule has 0 aliphatic rings. The molecule has 1 atom stereocenters. The van der Waals surface area contributed by atoms with Crippen LogP contribution < -0.4 is 4.74 Å². The second-order valence-corrected chi connectivity index (χ2v) is 8.19. The highest BCUT2D eigenvalue weighted by Gasteiger charge is 2.12. The van der Waals surface area contributed by atoms with Crippen LogP contribution in [0.5, 0.6) is 5.75 Å². The average molecular weight is 459 g/mol. The Balaban J connectivity index is 1.84. The fraction of sp³-hybridized carbons (Fsp3) is 0.0909. The Labute approximate surface area is 208 Å². The molecule has 4 aromatic carbocycles. The molecule has 4 rings (SSSR count). The zero-order valence-corrected chi connectivity index (χ0v) is 19.9. The molecule has 0 amide bonds. The van der Waals surface area contributed by atoms with Crippen LogP contribution in [0.4, 0.5) is 0 Å². The number of aliphatic hydroxyl groups excluding tert-OH is 1. The summed E-state index contributed by atoms with van der Waals surface area (Å²) in [4.78, 5) is 0. The van der Waals surface area contributed by atoms with E-state index >= 15 is 0 Å². The quantitative estimate of drug-likeness (QED) is 0.202. The van der Waals surface area contributed by atoms with E-state index in [0.29, 0.717) is 12.2 Å². The monoisotopic (exact) mass is 458 g/mol. The van der Waals surface area contributed by atoms with Crippen LogP contribution >= 0.6 is 0 Å². The van der Waals surface area contributed by atoms with Crippen molar-refractivity contribution in [3.8, 4) is 5.75 Å². The van der Waals surface area contributed by atoms with Crippen LogP contribution in [0.15, 0.2) is 103 Å². The molecular weight excluding hydrogens is 428 g/mol. The van der Waals surface area contributed by atoms with Gasteiger partial charge in [-0.15, -0.1) is 0 Å². The molecule has 0 spiro atoms. The molecule has 0 heterocycles. The smallest absolute Gasteiger partial charge is 0.197 e. The van der Waals surface area contributed by atoms with E-state index in [1.54, 1.807) is 0 Å². The first-order valence-corrected chi connectivity index (χ1v) is 11.9. The van der Waals surface area contributed by atoms with Gasteiger partial charge in [0.15, 0.2) is 6.29 Å². The SMILES string of the molecule is CCC(O)Oc1ccc(C=Cc2ccccc2)c(C=Cc2ccccc2)c1C=Cc1ccccc1. The van der Waals surface area contributed by atoms with Gasteiger partial charge in [0.2, 0.25) is 0 Å². The molecule has 1 unspecified atom stereocenters. The molecular formula is C33H30O2. The summed E-state index contributed by atoms with van der Waals surface area (Å²) in [5, 5.41) is 10.3. The van der Waals surface area contributed by atoms with Crippen LogP contribution in [-0.4, -0.2) is 11.4 Å². The van der Waals surface area contributed by atoms with Gasteiger partial charge < -0.3 is 9.84 Å². The summed E-state index contributed by atoms with van der Waals surface area (Å²) in [6, 6.07) is 34.7. The van der Waals surface area contributed by atoms with Crippen LogP contribution in [0, 0.1) is 0 Å². The maximum atomic E-state index is 10.3. The normalized spacial score (nSPS) is 12.5. The lowest BCUT2D eigenvalue weighted by atomic mass is 9.96. The molecule has 0 aliphatic heterocycles. The minimum absolute atomic E-state index is 0.507. The van der Waals surface area contributed by atoms with Crippen LogP contribution in [-0.2, 0) is 0 Å². The fourth-order valence-corrected chi connectivity index (χ4v) is 3.71. The van der Waals surface area contributed by atoms with Gasteiger partial charge in [-0.05, 0) is 33.9 Å². The highest BCUT2D eigenvalue weighted by Crippen LogP contribution is 2.32. The third kappa shape index (κ3) is 6.92. The summed E-state index contributed by atoms with van der Waals surface area (Å²) >= 11 is 0.